The van der Waals surface area contributed by atoms with Crippen LogP contribution in [0.2, 0.25) is 0 Å². The lowest BCUT2D eigenvalue weighted by Gasteiger charge is -2.07. The van der Waals surface area contributed by atoms with E-state index in [0.29, 0.717) is 18.9 Å². The summed E-state index contributed by atoms with van der Waals surface area (Å²) in [4.78, 5) is 14.5. The lowest BCUT2D eigenvalue weighted by Crippen LogP contribution is -2.00. The van der Waals surface area contributed by atoms with Crippen LogP contribution in [0.4, 0.5) is 0 Å². The van der Waals surface area contributed by atoms with E-state index in [9.17, 15) is 4.91 Å². The Balaban J connectivity index is 1.92. The lowest BCUT2D eigenvalue weighted by molar-refractivity contribution is 0.293. The summed E-state index contributed by atoms with van der Waals surface area (Å²) in [7, 11) is 0. The molecule has 1 aromatic carbocycles. The van der Waals surface area contributed by atoms with Gasteiger partial charge in [-0.1, -0.05) is 41.9 Å². The number of alkyl halides is 1. The molecule has 0 saturated carbocycles. The number of pyridine rings is 1. The predicted octanol–water partition coefficient (Wildman–Crippen LogP) is 3.84. The lowest BCUT2D eigenvalue weighted by atomic mass is 10.1. The van der Waals surface area contributed by atoms with Gasteiger partial charge < -0.3 is 4.74 Å². The number of benzene rings is 1. The Morgan fingerprint density at radius 1 is 1.20 bits per heavy atom. The fourth-order valence-electron chi connectivity index (χ4n) is 1.76. The Morgan fingerprint density at radius 2 is 1.90 bits per heavy atom. The monoisotopic (exact) mass is 290 g/mol. The first kappa shape index (κ1) is 14.5. The third-order valence-electron chi connectivity index (χ3n) is 2.79. The van der Waals surface area contributed by atoms with Gasteiger partial charge in [0.05, 0.1) is 0 Å². The summed E-state index contributed by atoms with van der Waals surface area (Å²) in [6.07, 6.45) is 0.436. The number of aromatic nitrogens is 1. The molecule has 0 N–H and O–H groups in total. The zero-order valence-electron chi connectivity index (χ0n) is 11.1. The minimum atomic E-state index is -0.714. The van der Waals surface area contributed by atoms with E-state index >= 15 is 0 Å². The minimum Gasteiger partial charge on any atom is -0.473 e. The van der Waals surface area contributed by atoms with Crippen LogP contribution < -0.4 is 4.74 Å². The quantitative estimate of drug-likeness (QED) is 0.461. The highest BCUT2D eigenvalue weighted by molar-refractivity contribution is 6.20. The van der Waals surface area contributed by atoms with Gasteiger partial charge in [0, 0.05) is 18.2 Å². The zero-order valence-corrected chi connectivity index (χ0v) is 11.9. The molecule has 4 nitrogen and oxygen atoms in total. The molecule has 0 aliphatic heterocycles. The van der Waals surface area contributed by atoms with Crippen molar-refractivity contribution in [2.75, 3.05) is 0 Å². The maximum absolute atomic E-state index is 10.3. The number of rotatable bonds is 6. The standard InChI is InChI=1S/C15H15ClN2O2/c1-11-3-2-4-15(17-11)20-10-13-7-5-12(6-8-13)9-14(16)18-19/h2-8,14H,9-10H2,1H3. The highest BCUT2D eigenvalue weighted by Crippen LogP contribution is 2.13. The van der Waals surface area contributed by atoms with Crippen molar-refractivity contribution >= 4 is 11.6 Å². The average Bonchev–Trinajstić information content (AvgIpc) is 2.46. The third-order valence-corrected chi connectivity index (χ3v) is 3.02. The average molecular weight is 291 g/mol. The molecule has 0 spiro atoms. The van der Waals surface area contributed by atoms with Crippen LogP contribution in [0, 0.1) is 11.8 Å². The van der Waals surface area contributed by atoms with Crippen LogP contribution in [-0.4, -0.2) is 10.5 Å². The van der Waals surface area contributed by atoms with Gasteiger partial charge in [0.25, 0.3) is 0 Å². The van der Waals surface area contributed by atoms with Gasteiger partial charge in [0.2, 0.25) is 5.88 Å². The molecular formula is C15H15ClN2O2. The molecule has 0 bridgehead atoms. The molecule has 0 amide bonds. The number of hydrogen-bond donors (Lipinski definition) is 0. The van der Waals surface area contributed by atoms with Crippen LogP contribution >= 0.6 is 11.6 Å². The van der Waals surface area contributed by atoms with E-state index in [1.165, 1.54) is 0 Å². The molecule has 2 aromatic rings. The van der Waals surface area contributed by atoms with Crippen molar-refractivity contribution in [3.05, 3.63) is 64.2 Å². The van der Waals surface area contributed by atoms with Gasteiger partial charge >= 0.3 is 0 Å². The molecule has 0 aliphatic carbocycles. The predicted molar refractivity (Wildman–Crippen MR) is 78.9 cm³/mol. The second-order valence-corrected chi connectivity index (χ2v) is 4.97. The number of nitroso groups, excluding NO2 is 1. The van der Waals surface area contributed by atoms with Crippen molar-refractivity contribution in [2.45, 2.75) is 25.5 Å². The topological polar surface area (TPSA) is 51.5 Å². The first-order valence-electron chi connectivity index (χ1n) is 6.28. The van der Waals surface area contributed by atoms with Crippen molar-refractivity contribution in [3.63, 3.8) is 0 Å². The molecule has 0 radical (unpaired) electrons. The fourth-order valence-corrected chi connectivity index (χ4v) is 1.94. The second kappa shape index (κ2) is 7.01. The van der Waals surface area contributed by atoms with Crippen LogP contribution in [0.5, 0.6) is 5.88 Å². The molecule has 5 heteroatoms. The number of halogens is 1. The maximum Gasteiger partial charge on any atom is 0.213 e. The molecule has 2 rings (SSSR count). The largest absolute Gasteiger partial charge is 0.473 e. The molecule has 0 fully saturated rings. The molecule has 20 heavy (non-hydrogen) atoms. The SMILES string of the molecule is Cc1cccc(OCc2ccc(CC(Cl)N=O)cc2)n1. The zero-order chi connectivity index (χ0) is 14.4. The molecule has 0 aliphatic rings. The van der Waals surface area contributed by atoms with Crippen molar-refractivity contribution in [1.29, 1.82) is 0 Å². The summed E-state index contributed by atoms with van der Waals surface area (Å²) in [5, 5.41) is 2.77. The van der Waals surface area contributed by atoms with Gasteiger partial charge in [0.15, 0.2) is 5.50 Å². The van der Waals surface area contributed by atoms with E-state index < -0.39 is 5.50 Å². The van der Waals surface area contributed by atoms with E-state index in [-0.39, 0.29) is 0 Å². The third kappa shape index (κ3) is 4.31. The number of ether oxygens (including phenoxy) is 1. The van der Waals surface area contributed by atoms with Crippen LogP contribution in [0.15, 0.2) is 47.6 Å². The van der Waals surface area contributed by atoms with Crippen molar-refractivity contribution in [2.24, 2.45) is 5.18 Å². The minimum absolute atomic E-state index is 0.436. The fraction of sp³-hybridized carbons (Fsp3) is 0.267. The normalized spacial score (nSPS) is 11.9. The van der Waals surface area contributed by atoms with Crippen LogP contribution in [0.1, 0.15) is 16.8 Å². The first-order chi connectivity index (χ1) is 9.67. The van der Waals surface area contributed by atoms with Crippen molar-refractivity contribution < 1.29 is 4.74 Å². The summed E-state index contributed by atoms with van der Waals surface area (Å²) in [6.45, 7) is 2.37. The van der Waals surface area contributed by atoms with Gasteiger partial charge in [-0.05, 0) is 29.3 Å². The second-order valence-electron chi connectivity index (χ2n) is 4.47. The van der Waals surface area contributed by atoms with E-state index in [4.69, 9.17) is 16.3 Å². The van der Waals surface area contributed by atoms with Gasteiger partial charge in [-0.2, -0.15) is 0 Å². The molecule has 104 valence electrons. The number of aryl methyl sites for hydroxylation is 1. The Morgan fingerprint density at radius 3 is 2.55 bits per heavy atom. The summed E-state index contributed by atoms with van der Waals surface area (Å²) in [5.41, 5.74) is 2.21. The summed E-state index contributed by atoms with van der Waals surface area (Å²) < 4.78 is 5.61. The van der Waals surface area contributed by atoms with E-state index in [0.717, 1.165) is 16.8 Å². The molecule has 0 saturated heterocycles. The van der Waals surface area contributed by atoms with Gasteiger partial charge in [0.1, 0.15) is 6.61 Å². The van der Waals surface area contributed by atoms with Crippen molar-refractivity contribution in [3.8, 4) is 5.88 Å². The molecule has 1 unspecified atom stereocenters. The highest BCUT2D eigenvalue weighted by Gasteiger charge is 2.05. The van der Waals surface area contributed by atoms with Crippen LogP contribution in [0.25, 0.3) is 0 Å². The van der Waals surface area contributed by atoms with Crippen LogP contribution in [0.3, 0.4) is 0 Å². The number of hydrogen-bond acceptors (Lipinski definition) is 4. The van der Waals surface area contributed by atoms with Gasteiger partial charge in [-0.25, -0.2) is 4.98 Å². The van der Waals surface area contributed by atoms with Gasteiger partial charge in [-0.15, -0.1) is 4.91 Å². The summed E-state index contributed by atoms with van der Waals surface area (Å²) in [5.74, 6) is 0.611. The Bertz CT molecular complexity index is 572. The van der Waals surface area contributed by atoms with Gasteiger partial charge in [-0.3, -0.25) is 0 Å². The van der Waals surface area contributed by atoms with E-state index in [2.05, 4.69) is 10.2 Å². The molecule has 1 heterocycles. The van der Waals surface area contributed by atoms with E-state index in [1.54, 1.807) is 0 Å². The molecule has 1 atom stereocenters. The highest BCUT2D eigenvalue weighted by atomic mass is 35.5. The van der Waals surface area contributed by atoms with E-state index in [1.807, 2.05) is 49.4 Å². The number of nitrogens with zero attached hydrogens (tertiary/aromatic N) is 2. The van der Waals surface area contributed by atoms with Crippen LogP contribution in [-0.2, 0) is 13.0 Å². The first-order valence-corrected chi connectivity index (χ1v) is 6.72. The Hall–Kier alpha value is -1.94. The van der Waals surface area contributed by atoms with Crippen molar-refractivity contribution in [1.82, 2.24) is 4.98 Å². The Labute approximate surface area is 122 Å². The summed E-state index contributed by atoms with van der Waals surface area (Å²) >= 11 is 5.68. The maximum atomic E-state index is 10.3. The summed E-state index contributed by atoms with van der Waals surface area (Å²) in [6, 6.07) is 13.4. The smallest absolute Gasteiger partial charge is 0.213 e. The molecular weight excluding hydrogens is 276 g/mol. The Kier molecular flexibility index (Phi) is 5.07. The molecule has 1 aromatic heterocycles.